The standard InChI is InChI=1S/C24H29F2N3O3/c1-27(16-19-7-4-14-32-19)24(31)22(17-5-2-3-6-17)28-10-12-29(13-11-28)23(30)20-9-8-18(25)15-21(20)26/h4,7-9,14-15,17,22H,2-3,5-6,10-13,16H2,1H3/t22-/m1/s1. The summed E-state index contributed by atoms with van der Waals surface area (Å²) >= 11 is 0. The van der Waals surface area contributed by atoms with Crippen LogP contribution in [0.25, 0.3) is 0 Å². The summed E-state index contributed by atoms with van der Waals surface area (Å²) in [5.41, 5.74) is -0.124. The summed E-state index contributed by atoms with van der Waals surface area (Å²) in [5.74, 6) is -0.906. The van der Waals surface area contributed by atoms with Crippen molar-refractivity contribution in [3.63, 3.8) is 0 Å². The van der Waals surface area contributed by atoms with Gasteiger partial charge in [0.05, 0.1) is 24.4 Å². The molecule has 6 nitrogen and oxygen atoms in total. The van der Waals surface area contributed by atoms with Gasteiger partial charge in [0.2, 0.25) is 5.91 Å². The molecule has 1 saturated carbocycles. The first kappa shape index (κ1) is 22.5. The molecule has 0 spiro atoms. The number of benzene rings is 1. The fourth-order valence-corrected chi connectivity index (χ4v) is 4.91. The maximum atomic E-state index is 14.1. The molecule has 32 heavy (non-hydrogen) atoms. The topological polar surface area (TPSA) is 57.0 Å². The number of likely N-dealkylation sites (N-methyl/N-ethyl adjacent to an activating group) is 1. The molecule has 2 aliphatic rings. The molecule has 0 bridgehead atoms. The molecule has 4 rings (SSSR count). The van der Waals surface area contributed by atoms with Crippen molar-refractivity contribution in [1.29, 1.82) is 0 Å². The van der Waals surface area contributed by atoms with E-state index in [9.17, 15) is 18.4 Å². The third-order valence-corrected chi connectivity index (χ3v) is 6.61. The molecule has 1 saturated heterocycles. The Morgan fingerprint density at radius 1 is 1.12 bits per heavy atom. The van der Waals surface area contributed by atoms with Crippen molar-refractivity contribution in [2.45, 2.75) is 38.3 Å². The second-order valence-electron chi connectivity index (χ2n) is 8.72. The second-order valence-corrected chi connectivity index (χ2v) is 8.72. The van der Waals surface area contributed by atoms with E-state index >= 15 is 0 Å². The summed E-state index contributed by atoms with van der Waals surface area (Å²) in [6.45, 7) is 2.28. The number of rotatable bonds is 6. The van der Waals surface area contributed by atoms with Crippen LogP contribution in [0.1, 0.15) is 41.8 Å². The molecule has 1 atom stereocenters. The van der Waals surface area contributed by atoms with Crippen LogP contribution >= 0.6 is 0 Å². The zero-order valence-electron chi connectivity index (χ0n) is 18.3. The molecular formula is C24H29F2N3O3. The van der Waals surface area contributed by atoms with Gasteiger partial charge in [-0.3, -0.25) is 14.5 Å². The lowest BCUT2D eigenvalue weighted by molar-refractivity contribution is -0.139. The van der Waals surface area contributed by atoms with E-state index in [2.05, 4.69) is 4.90 Å². The van der Waals surface area contributed by atoms with Crippen molar-refractivity contribution in [2.75, 3.05) is 33.2 Å². The molecule has 2 fully saturated rings. The maximum absolute atomic E-state index is 14.1. The summed E-state index contributed by atoms with van der Waals surface area (Å²) in [4.78, 5) is 31.7. The largest absolute Gasteiger partial charge is 0.467 e. The highest BCUT2D eigenvalue weighted by Crippen LogP contribution is 2.32. The van der Waals surface area contributed by atoms with Gasteiger partial charge in [-0.25, -0.2) is 8.78 Å². The lowest BCUT2D eigenvalue weighted by atomic mass is 9.94. The molecule has 1 aromatic carbocycles. The molecule has 1 aromatic heterocycles. The van der Waals surface area contributed by atoms with Crippen LogP contribution in [-0.2, 0) is 11.3 Å². The molecule has 2 amide bonds. The van der Waals surface area contributed by atoms with Crippen LogP contribution in [0.4, 0.5) is 8.78 Å². The number of carbonyl (C=O) groups is 2. The number of furan rings is 1. The predicted molar refractivity (Wildman–Crippen MR) is 115 cm³/mol. The van der Waals surface area contributed by atoms with Gasteiger partial charge in [-0.15, -0.1) is 0 Å². The van der Waals surface area contributed by atoms with E-state index in [1.165, 1.54) is 6.07 Å². The van der Waals surface area contributed by atoms with Crippen LogP contribution in [0.15, 0.2) is 41.0 Å². The van der Waals surface area contributed by atoms with Crippen LogP contribution in [-0.4, -0.2) is 65.8 Å². The molecular weight excluding hydrogens is 416 g/mol. The van der Waals surface area contributed by atoms with Gasteiger partial charge in [0.15, 0.2) is 0 Å². The Morgan fingerprint density at radius 2 is 1.84 bits per heavy atom. The normalized spacial score (nSPS) is 18.7. The monoisotopic (exact) mass is 445 g/mol. The van der Waals surface area contributed by atoms with Gasteiger partial charge in [0.25, 0.3) is 5.91 Å². The Morgan fingerprint density at radius 3 is 2.47 bits per heavy atom. The van der Waals surface area contributed by atoms with Crippen molar-refractivity contribution in [3.8, 4) is 0 Å². The van der Waals surface area contributed by atoms with E-state index in [1.54, 1.807) is 23.1 Å². The van der Waals surface area contributed by atoms with Gasteiger partial charge < -0.3 is 14.2 Å². The van der Waals surface area contributed by atoms with Gasteiger partial charge in [0.1, 0.15) is 17.4 Å². The predicted octanol–water partition coefficient (Wildman–Crippen LogP) is 3.53. The lowest BCUT2D eigenvalue weighted by Crippen LogP contribution is -2.58. The number of piperazine rings is 1. The Bertz CT molecular complexity index is 936. The fraction of sp³-hybridized carbons (Fsp3) is 0.500. The van der Waals surface area contributed by atoms with E-state index in [1.807, 2.05) is 12.1 Å². The maximum Gasteiger partial charge on any atom is 0.256 e. The highest BCUT2D eigenvalue weighted by Gasteiger charge is 2.39. The molecule has 2 heterocycles. The minimum absolute atomic E-state index is 0.0673. The van der Waals surface area contributed by atoms with E-state index in [4.69, 9.17) is 4.42 Å². The zero-order chi connectivity index (χ0) is 22.7. The lowest BCUT2D eigenvalue weighted by Gasteiger charge is -2.42. The van der Waals surface area contributed by atoms with Crippen LogP contribution in [0.2, 0.25) is 0 Å². The van der Waals surface area contributed by atoms with Gasteiger partial charge in [0, 0.05) is 39.3 Å². The van der Waals surface area contributed by atoms with Gasteiger partial charge in [-0.1, -0.05) is 12.8 Å². The number of hydrogen-bond acceptors (Lipinski definition) is 4. The summed E-state index contributed by atoms with van der Waals surface area (Å²) < 4.78 is 32.6. The first-order chi connectivity index (χ1) is 15.4. The van der Waals surface area contributed by atoms with Gasteiger partial charge in [-0.05, 0) is 43.0 Å². The first-order valence-corrected chi connectivity index (χ1v) is 11.2. The first-order valence-electron chi connectivity index (χ1n) is 11.2. The van der Waals surface area contributed by atoms with Crippen molar-refractivity contribution < 1.29 is 22.8 Å². The smallest absolute Gasteiger partial charge is 0.256 e. The Hall–Kier alpha value is -2.74. The molecule has 172 valence electrons. The molecule has 1 aliphatic heterocycles. The van der Waals surface area contributed by atoms with Gasteiger partial charge >= 0.3 is 0 Å². The van der Waals surface area contributed by atoms with E-state index in [0.29, 0.717) is 38.6 Å². The second kappa shape index (κ2) is 9.81. The van der Waals surface area contributed by atoms with E-state index < -0.39 is 17.5 Å². The van der Waals surface area contributed by atoms with Crippen molar-refractivity contribution in [3.05, 3.63) is 59.6 Å². The fourth-order valence-electron chi connectivity index (χ4n) is 4.91. The summed E-state index contributed by atoms with van der Waals surface area (Å²) in [6.07, 6.45) is 5.88. The zero-order valence-corrected chi connectivity index (χ0v) is 18.3. The highest BCUT2D eigenvalue weighted by atomic mass is 19.1. The van der Waals surface area contributed by atoms with Crippen LogP contribution < -0.4 is 0 Å². The van der Waals surface area contributed by atoms with Gasteiger partial charge in [-0.2, -0.15) is 0 Å². The third-order valence-electron chi connectivity index (χ3n) is 6.61. The quantitative estimate of drug-likeness (QED) is 0.683. The van der Waals surface area contributed by atoms with E-state index in [-0.39, 0.29) is 17.5 Å². The number of hydrogen-bond donors (Lipinski definition) is 0. The molecule has 8 heteroatoms. The van der Waals surface area contributed by atoms with Crippen molar-refractivity contribution in [1.82, 2.24) is 14.7 Å². The molecule has 2 aromatic rings. The molecule has 0 unspecified atom stereocenters. The van der Waals surface area contributed by atoms with Crippen LogP contribution in [0.5, 0.6) is 0 Å². The van der Waals surface area contributed by atoms with Crippen molar-refractivity contribution in [2.24, 2.45) is 5.92 Å². The summed E-state index contributed by atoms with van der Waals surface area (Å²) in [5, 5.41) is 0. The molecule has 0 N–H and O–H groups in total. The third kappa shape index (κ3) is 4.85. The number of amides is 2. The summed E-state index contributed by atoms with van der Waals surface area (Å²) in [7, 11) is 1.80. The highest BCUT2D eigenvalue weighted by molar-refractivity contribution is 5.94. The Labute approximate surface area is 186 Å². The summed E-state index contributed by atoms with van der Waals surface area (Å²) in [6, 6.07) is 6.43. The minimum Gasteiger partial charge on any atom is -0.467 e. The van der Waals surface area contributed by atoms with Crippen LogP contribution in [0.3, 0.4) is 0 Å². The Kier molecular flexibility index (Phi) is 6.89. The molecule has 0 radical (unpaired) electrons. The SMILES string of the molecule is CN(Cc1ccco1)C(=O)[C@@H](C1CCCC1)N1CCN(C(=O)c2ccc(F)cc2F)CC1. The molecule has 1 aliphatic carbocycles. The van der Waals surface area contributed by atoms with E-state index in [0.717, 1.165) is 43.6 Å². The Balaban J connectivity index is 1.43. The average molecular weight is 446 g/mol. The number of nitrogens with zero attached hydrogens (tertiary/aromatic N) is 3. The van der Waals surface area contributed by atoms with Crippen molar-refractivity contribution >= 4 is 11.8 Å². The number of carbonyl (C=O) groups excluding carboxylic acids is 2. The minimum atomic E-state index is -0.851. The average Bonchev–Trinajstić information content (AvgIpc) is 3.48. The number of halogens is 2. The van der Waals surface area contributed by atoms with Crippen LogP contribution in [0, 0.1) is 17.6 Å².